The predicted octanol–water partition coefficient (Wildman–Crippen LogP) is -3.40. The summed E-state index contributed by atoms with van der Waals surface area (Å²) in [5.41, 5.74) is 0. The van der Waals surface area contributed by atoms with Gasteiger partial charge in [-0.3, -0.25) is 9.59 Å². The fourth-order valence-electron chi connectivity index (χ4n) is 0.423. The number of rotatable bonds is 5. The number of hydrogen-bond donors (Lipinski definition) is 2. The summed E-state index contributed by atoms with van der Waals surface area (Å²) in [6.07, 6.45) is -0.652. The molecule has 0 saturated heterocycles. The van der Waals surface area contributed by atoms with Crippen molar-refractivity contribution in [3.05, 3.63) is 0 Å². The first-order valence-electron chi connectivity index (χ1n) is 3.11. The Bertz CT molecular complexity index is 186. The zero-order valence-electron chi connectivity index (χ0n) is 8.15. The van der Waals surface area contributed by atoms with Gasteiger partial charge >= 0.3 is 47.5 Å². The van der Waals surface area contributed by atoms with Crippen LogP contribution in [0.4, 0.5) is 0 Å². The topological polar surface area (TPSA) is 101 Å². The Kier molecular flexibility index (Phi) is 9.21. The molecule has 0 bridgehead atoms. The fourth-order valence-corrected chi connectivity index (χ4v) is 0.423. The zero-order chi connectivity index (χ0) is 9.56. The predicted molar refractivity (Wildman–Crippen MR) is 36.6 cm³/mol. The van der Waals surface area contributed by atoms with Gasteiger partial charge in [-0.05, 0) is 0 Å². The van der Waals surface area contributed by atoms with Gasteiger partial charge in [0.25, 0.3) is 0 Å². The minimum Gasteiger partial charge on any atom is -1.00 e. The second-order valence-electron chi connectivity index (χ2n) is 1.95. The molecule has 0 atom stereocenters. The molecule has 0 spiro atoms. The maximum absolute atomic E-state index is 10.5. The Balaban J connectivity index is -0.000000605. The maximum Gasteiger partial charge on any atom is 1.00 e. The van der Waals surface area contributed by atoms with E-state index in [2.05, 4.69) is 4.74 Å². The van der Waals surface area contributed by atoms with Crippen LogP contribution in [0.15, 0.2) is 0 Å². The Morgan fingerprint density at radius 3 is 2.00 bits per heavy atom. The summed E-state index contributed by atoms with van der Waals surface area (Å²) in [4.78, 5) is 30.3. The molecule has 0 amide bonds. The molecule has 0 aromatic carbocycles. The molecule has 0 aliphatic heterocycles. The summed E-state index contributed by atoms with van der Waals surface area (Å²) >= 11 is 0. The molecule has 2 N–H and O–H groups in total. The van der Waals surface area contributed by atoms with Gasteiger partial charge in [0.15, 0.2) is 6.61 Å². The average Bonchev–Trinajstić information content (AvgIpc) is 1.96. The summed E-state index contributed by atoms with van der Waals surface area (Å²) in [6.45, 7) is -0.724. The zero-order valence-corrected chi connectivity index (χ0v) is 9.15. The molecule has 0 aliphatic rings. The third kappa shape index (κ3) is 11.4. The van der Waals surface area contributed by atoms with Crippen molar-refractivity contribution in [2.45, 2.75) is 12.8 Å². The van der Waals surface area contributed by atoms with Crippen molar-refractivity contribution < 1.29 is 60.3 Å². The number of carbonyl (C=O) groups is 3. The van der Waals surface area contributed by atoms with E-state index in [0.717, 1.165) is 0 Å². The summed E-state index contributed by atoms with van der Waals surface area (Å²) in [5, 5.41) is 16.2. The minimum atomic E-state index is -1.27. The van der Waals surface area contributed by atoms with Crippen molar-refractivity contribution in [3.63, 3.8) is 0 Å². The molecule has 0 radical (unpaired) electrons. The van der Waals surface area contributed by atoms with E-state index in [-0.39, 0.29) is 43.8 Å². The summed E-state index contributed by atoms with van der Waals surface area (Å²) in [6, 6.07) is 0. The Morgan fingerprint density at radius 2 is 1.62 bits per heavy atom. The van der Waals surface area contributed by atoms with Crippen LogP contribution in [-0.4, -0.2) is 34.7 Å². The molecule has 6 nitrogen and oxygen atoms in total. The van der Waals surface area contributed by atoms with Crippen LogP contribution < -0.4 is 29.6 Å². The molecule has 13 heavy (non-hydrogen) atoms. The quantitative estimate of drug-likeness (QED) is 0.354. The van der Waals surface area contributed by atoms with Crippen molar-refractivity contribution >= 4 is 17.9 Å². The van der Waals surface area contributed by atoms with Crippen LogP contribution >= 0.6 is 0 Å². The van der Waals surface area contributed by atoms with E-state index in [1.165, 1.54) is 0 Å². The number of carboxylic acid groups (broad SMARTS) is 2. The Hall–Kier alpha value is -0.590. The standard InChI is InChI=1S/C6H8O6.Na.H/c7-4(8)1-2-6(11)12-3-5(9)10;;/h1-3H2,(H,7,8)(H,9,10);;/q;+1;-1. The number of carbonyl (C=O) groups excluding carboxylic acids is 1. The maximum atomic E-state index is 10.5. The van der Waals surface area contributed by atoms with E-state index in [1.54, 1.807) is 0 Å². The normalized spacial score (nSPS) is 8.31. The number of esters is 1. The summed E-state index contributed by atoms with van der Waals surface area (Å²) in [7, 11) is 0. The van der Waals surface area contributed by atoms with Gasteiger partial charge in [0, 0.05) is 0 Å². The molecular formula is C6H9NaO6. The van der Waals surface area contributed by atoms with Crippen LogP contribution in [0.5, 0.6) is 0 Å². The first kappa shape index (κ1) is 14.9. The molecule has 0 aliphatic carbocycles. The Morgan fingerprint density at radius 1 is 1.08 bits per heavy atom. The molecule has 0 heterocycles. The number of hydrogen-bond acceptors (Lipinski definition) is 4. The molecule has 7 heteroatoms. The molecule has 0 rings (SSSR count). The molecule has 0 saturated carbocycles. The second kappa shape index (κ2) is 8.03. The van der Waals surface area contributed by atoms with Crippen LogP contribution in [-0.2, 0) is 19.1 Å². The number of ether oxygens (including phenoxy) is 1. The van der Waals surface area contributed by atoms with Crippen molar-refractivity contribution in [2.75, 3.05) is 6.61 Å². The van der Waals surface area contributed by atoms with Crippen LogP contribution in [0.25, 0.3) is 0 Å². The summed E-state index contributed by atoms with van der Waals surface area (Å²) < 4.78 is 4.15. The van der Waals surface area contributed by atoms with E-state index in [4.69, 9.17) is 10.2 Å². The van der Waals surface area contributed by atoms with Gasteiger partial charge in [-0.1, -0.05) is 0 Å². The largest absolute Gasteiger partial charge is 1.00 e. The minimum absolute atomic E-state index is 0. The van der Waals surface area contributed by atoms with Crippen LogP contribution in [0, 0.1) is 0 Å². The Labute approximate surface area is 97.6 Å². The van der Waals surface area contributed by atoms with Crippen LogP contribution in [0.1, 0.15) is 14.3 Å². The van der Waals surface area contributed by atoms with Gasteiger partial charge in [0.2, 0.25) is 0 Å². The van der Waals surface area contributed by atoms with Crippen molar-refractivity contribution in [3.8, 4) is 0 Å². The van der Waals surface area contributed by atoms with Crippen LogP contribution in [0.2, 0.25) is 0 Å². The van der Waals surface area contributed by atoms with E-state index in [0.29, 0.717) is 0 Å². The van der Waals surface area contributed by atoms with E-state index < -0.39 is 24.5 Å². The van der Waals surface area contributed by atoms with Gasteiger partial charge in [-0.2, -0.15) is 0 Å². The van der Waals surface area contributed by atoms with Gasteiger partial charge in [-0.25, -0.2) is 4.79 Å². The number of aliphatic carboxylic acids is 2. The van der Waals surface area contributed by atoms with Crippen molar-refractivity contribution in [1.29, 1.82) is 0 Å². The van der Waals surface area contributed by atoms with Gasteiger partial charge in [-0.15, -0.1) is 0 Å². The first-order chi connectivity index (χ1) is 5.52. The van der Waals surface area contributed by atoms with Crippen molar-refractivity contribution in [1.82, 2.24) is 0 Å². The molecule has 70 valence electrons. The third-order valence-corrected chi connectivity index (χ3v) is 0.900. The second-order valence-corrected chi connectivity index (χ2v) is 1.95. The van der Waals surface area contributed by atoms with Gasteiger partial charge in [0.1, 0.15) is 0 Å². The van der Waals surface area contributed by atoms with Gasteiger partial charge < -0.3 is 16.4 Å². The van der Waals surface area contributed by atoms with E-state index in [9.17, 15) is 14.4 Å². The van der Waals surface area contributed by atoms with E-state index in [1.807, 2.05) is 0 Å². The summed E-state index contributed by atoms with van der Waals surface area (Å²) in [5.74, 6) is -3.21. The average molecular weight is 200 g/mol. The monoisotopic (exact) mass is 200 g/mol. The third-order valence-electron chi connectivity index (χ3n) is 0.900. The van der Waals surface area contributed by atoms with Crippen molar-refractivity contribution in [2.24, 2.45) is 0 Å². The van der Waals surface area contributed by atoms with Crippen LogP contribution in [0.3, 0.4) is 0 Å². The first-order valence-corrected chi connectivity index (χ1v) is 3.11. The number of carboxylic acids is 2. The molecule has 0 unspecified atom stereocenters. The van der Waals surface area contributed by atoms with E-state index >= 15 is 0 Å². The smallest absolute Gasteiger partial charge is 1.00 e. The molecule has 0 fully saturated rings. The molecular weight excluding hydrogens is 191 g/mol. The molecule has 0 aromatic heterocycles. The fraction of sp³-hybridized carbons (Fsp3) is 0.500. The van der Waals surface area contributed by atoms with Gasteiger partial charge in [0.05, 0.1) is 12.8 Å². The molecule has 0 aromatic rings. The SMILES string of the molecule is O=C(O)CCC(=O)OCC(=O)O.[H-].[Na+].